The van der Waals surface area contributed by atoms with Gasteiger partial charge in [0.1, 0.15) is 11.6 Å². The van der Waals surface area contributed by atoms with Crippen molar-refractivity contribution in [3.8, 4) is 0 Å². The summed E-state index contributed by atoms with van der Waals surface area (Å²) in [6.45, 7) is 1.82. The van der Waals surface area contributed by atoms with Crippen LogP contribution in [0.3, 0.4) is 0 Å². The fourth-order valence-corrected chi connectivity index (χ4v) is 2.91. The fraction of sp³-hybridized carbons (Fsp3) is 0.562. The average molecular weight is 333 g/mol. The minimum Gasteiger partial charge on any atom is -0.341 e. The van der Waals surface area contributed by atoms with Gasteiger partial charge in [0, 0.05) is 18.7 Å². The van der Waals surface area contributed by atoms with Gasteiger partial charge in [-0.25, -0.2) is 8.78 Å². The zero-order valence-corrected chi connectivity index (χ0v) is 13.6. The average Bonchev–Trinajstić information content (AvgIpc) is 2.47. The van der Waals surface area contributed by atoms with Crippen molar-refractivity contribution < 1.29 is 13.6 Å². The Morgan fingerprint density at radius 3 is 2.68 bits per heavy atom. The molecule has 22 heavy (non-hydrogen) atoms. The van der Waals surface area contributed by atoms with E-state index in [4.69, 9.17) is 0 Å². The third-order valence-electron chi connectivity index (χ3n) is 4.06. The van der Waals surface area contributed by atoms with E-state index in [2.05, 4.69) is 5.32 Å². The van der Waals surface area contributed by atoms with Gasteiger partial charge in [-0.3, -0.25) is 4.79 Å². The normalized spacial score (nSPS) is 18.0. The van der Waals surface area contributed by atoms with Gasteiger partial charge in [-0.2, -0.15) is 0 Å². The second-order valence-corrected chi connectivity index (χ2v) is 5.62. The van der Waals surface area contributed by atoms with Crippen molar-refractivity contribution in [2.24, 2.45) is 5.92 Å². The highest BCUT2D eigenvalue weighted by molar-refractivity contribution is 5.85. The summed E-state index contributed by atoms with van der Waals surface area (Å²) in [6.07, 6.45) is 3.07. The molecule has 124 valence electrons. The van der Waals surface area contributed by atoms with Crippen LogP contribution in [-0.4, -0.2) is 37.5 Å². The van der Waals surface area contributed by atoms with Crippen LogP contribution in [0.2, 0.25) is 0 Å². The SMILES string of the molecule is CNCC(=O)N1CCCC(CCc2c(F)cccc2F)C1.Cl. The summed E-state index contributed by atoms with van der Waals surface area (Å²) >= 11 is 0. The molecule has 1 aromatic carbocycles. The minimum atomic E-state index is -0.478. The van der Waals surface area contributed by atoms with E-state index in [1.807, 2.05) is 4.90 Å². The maximum absolute atomic E-state index is 13.6. The van der Waals surface area contributed by atoms with Crippen LogP contribution in [0.5, 0.6) is 0 Å². The first-order valence-electron chi connectivity index (χ1n) is 7.47. The van der Waals surface area contributed by atoms with Gasteiger partial charge in [0.15, 0.2) is 0 Å². The number of rotatable bonds is 5. The van der Waals surface area contributed by atoms with Crippen LogP contribution in [0.1, 0.15) is 24.8 Å². The number of nitrogens with zero attached hydrogens (tertiary/aromatic N) is 1. The van der Waals surface area contributed by atoms with Crippen LogP contribution in [0.25, 0.3) is 0 Å². The molecule has 0 radical (unpaired) electrons. The quantitative estimate of drug-likeness (QED) is 0.899. The Morgan fingerprint density at radius 2 is 2.05 bits per heavy atom. The molecule has 1 atom stereocenters. The number of nitrogens with one attached hydrogen (secondary N) is 1. The highest BCUT2D eigenvalue weighted by Gasteiger charge is 2.23. The highest BCUT2D eigenvalue weighted by Crippen LogP contribution is 2.23. The van der Waals surface area contributed by atoms with E-state index in [1.54, 1.807) is 7.05 Å². The predicted molar refractivity (Wildman–Crippen MR) is 85.2 cm³/mol. The Kier molecular flexibility index (Phi) is 7.76. The molecule has 1 N–H and O–H groups in total. The van der Waals surface area contributed by atoms with Crippen molar-refractivity contribution in [1.29, 1.82) is 0 Å². The van der Waals surface area contributed by atoms with Crippen molar-refractivity contribution in [2.45, 2.75) is 25.7 Å². The van der Waals surface area contributed by atoms with Crippen molar-refractivity contribution in [3.63, 3.8) is 0 Å². The first kappa shape index (κ1) is 18.8. The lowest BCUT2D eigenvalue weighted by atomic mass is 9.91. The van der Waals surface area contributed by atoms with Crippen LogP contribution < -0.4 is 5.32 Å². The van der Waals surface area contributed by atoms with Crippen LogP contribution in [0.4, 0.5) is 8.78 Å². The monoisotopic (exact) mass is 332 g/mol. The number of carbonyl (C=O) groups excluding carboxylic acids is 1. The molecule has 0 spiro atoms. The van der Waals surface area contributed by atoms with Gasteiger partial charge in [-0.1, -0.05) is 6.07 Å². The van der Waals surface area contributed by atoms with Crippen LogP contribution in [0.15, 0.2) is 18.2 Å². The molecule has 1 heterocycles. The number of halogens is 3. The standard InChI is InChI=1S/C16H22F2N2O.ClH/c1-19-10-16(21)20-9-3-4-12(11-20)7-8-13-14(17)5-2-6-15(13)18;/h2,5-6,12,19H,3-4,7-11H2,1H3;1H. The number of amides is 1. The highest BCUT2D eigenvalue weighted by atomic mass is 35.5. The Balaban J connectivity index is 0.00000242. The molecular formula is C16H23ClF2N2O. The Bertz CT molecular complexity index is 479. The zero-order valence-electron chi connectivity index (χ0n) is 12.8. The molecule has 1 fully saturated rings. The molecular weight excluding hydrogens is 310 g/mol. The van der Waals surface area contributed by atoms with E-state index in [-0.39, 0.29) is 23.9 Å². The number of piperidine rings is 1. The van der Waals surface area contributed by atoms with E-state index >= 15 is 0 Å². The van der Waals surface area contributed by atoms with E-state index in [0.29, 0.717) is 31.8 Å². The lowest BCUT2D eigenvalue weighted by Gasteiger charge is -2.33. The number of hydrogen-bond donors (Lipinski definition) is 1. The molecule has 1 amide bonds. The van der Waals surface area contributed by atoms with E-state index in [1.165, 1.54) is 18.2 Å². The number of likely N-dealkylation sites (tertiary alicyclic amines) is 1. The molecule has 0 saturated carbocycles. The van der Waals surface area contributed by atoms with E-state index < -0.39 is 11.6 Å². The van der Waals surface area contributed by atoms with Gasteiger partial charge in [-0.05, 0) is 50.8 Å². The van der Waals surface area contributed by atoms with E-state index in [0.717, 1.165) is 19.4 Å². The lowest BCUT2D eigenvalue weighted by molar-refractivity contribution is -0.132. The van der Waals surface area contributed by atoms with Gasteiger partial charge < -0.3 is 10.2 Å². The largest absolute Gasteiger partial charge is 0.341 e. The second-order valence-electron chi connectivity index (χ2n) is 5.62. The molecule has 1 aromatic rings. The summed E-state index contributed by atoms with van der Waals surface area (Å²) in [5.41, 5.74) is 0.163. The predicted octanol–water partition coefficient (Wildman–Crippen LogP) is 2.78. The smallest absolute Gasteiger partial charge is 0.236 e. The molecule has 3 nitrogen and oxygen atoms in total. The maximum Gasteiger partial charge on any atom is 0.236 e. The van der Waals surface area contributed by atoms with Crippen molar-refractivity contribution in [1.82, 2.24) is 10.2 Å². The third-order valence-corrected chi connectivity index (χ3v) is 4.06. The Hall–Kier alpha value is -1.20. The van der Waals surface area contributed by atoms with E-state index in [9.17, 15) is 13.6 Å². The van der Waals surface area contributed by atoms with Gasteiger partial charge in [0.25, 0.3) is 0 Å². The van der Waals surface area contributed by atoms with Gasteiger partial charge in [0.2, 0.25) is 5.91 Å². The molecule has 1 unspecified atom stereocenters. The summed E-state index contributed by atoms with van der Waals surface area (Å²) in [5.74, 6) is -0.541. The minimum absolute atomic E-state index is 0. The summed E-state index contributed by atoms with van der Waals surface area (Å²) in [4.78, 5) is 13.7. The molecule has 0 bridgehead atoms. The van der Waals surface area contributed by atoms with Gasteiger partial charge in [-0.15, -0.1) is 12.4 Å². The Morgan fingerprint density at radius 1 is 1.36 bits per heavy atom. The van der Waals surface area contributed by atoms with Crippen molar-refractivity contribution in [3.05, 3.63) is 35.4 Å². The van der Waals surface area contributed by atoms with Crippen LogP contribution >= 0.6 is 12.4 Å². The lowest BCUT2D eigenvalue weighted by Crippen LogP contribution is -2.43. The zero-order chi connectivity index (χ0) is 15.2. The first-order valence-corrected chi connectivity index (χ1v) is 7.47. The molecule has 0 aliphatic carbocycles. The summed E-state index contributed by atoms with van der Waals surface area (Å²) in [7, 11) is 1.75. The van der Waals surface area contributed by atoms with Gasteiger partial charge >= 0.3 is 0 Å². The summed E-state index contributed by atoms with van der Waals surface area (Å²) in [6, 6.07) is 3.97. The fourth-order valence-electron chi connectivity index (χ4n) is 2.91. The number of benzene rings is 1. The number of hydrogen-bond acceptors (Lipinski definition) is 2. The van der Waals surface area contributed by atoms with Gasteiger partial charge in [0.05, 0.1) is 6.54 Å². The van der Waals surface area contributed by atoms with Crippen LogP contribution in [0, 0.1) is 17.6 Å². The van der Waals surface area contributed by atoms with Crippen LogP contribution in [-0.2, 0) is 11.2 Å². The molecule has 6 heteroatoms. The van der Waals surface area contributed by atoms with Crippen molar-refractivity contribution in [2.75, 3.05) is 26.7 Å². The summed E-state index contributed by atoms with van der Waals surface area (Å²) in [5, 5.41) is 2.86. The Labute approximate surface area is 136 Å². The molecule has 1 aliphatic rings. The number of carbonyl (C=O) groups is 1. The molecule has 2 rings (SSSR count). The summed E-state index contributed by atoms with van der Waals surface area (Å²) < 4.78 is 27.2. The second kappa shape index (κ2) is 9.06. The van der Waals surface area contributed by atoms with Crippen molar-refractivity contribution >= 4 is 18.3 Å². The maximum atomic E-state index is 13.6. The molecule has 0 aromatic heterocycles. The topological polar surface area (TPSA) is 32.3 Å². The first-order chi connectivity index (χ1) is 10.1. The molecule has 1 saturated heterocycles. The third kappa shape index (κ3) is 4.92. The number of likely N-dealkylation sites (N-methyl/N-ethyl adjacent to an activating group) is 1. The molecule has 1 aliphatic heterocycles.